The van der Waals surface area contributed by atoms with Crippen molar-refractivity contribution < 1.29 is 29.3 Å². The average Bonchev–Trinajstić information content (AvgIpc) is 2.68. The standard InChI is InChI=1S/C24H29ClN2O6/c1-12(2)21(13(3)4)27-24(32)16-7-6-8-18(22(16)31)33-23-14(5)9-15(10-17(23)25)26-19(28)11-20(29)30/h6-10,12-13,21,31H,11H2,1-5H3,(H,26,28)(H,27,32)(H,29,30). The first kappa shape index (κ1) is 26.0. The van der Waals surface area contributed by atoms with Gasteiger partial charge in [-0.3, -0.25) is 14.4 Å². The molecule has 0 fully saturated rings. The van der Waals surface area contributed by atoms with Crippen LogP contribution in [-0.2, 0) is 9.59 Å². The van der Waals surface area contributed by atoms with Crippen molar-refractivity contribution in [2.24, 2.45) is 11.8 Å². The maximum atomic E-state index is 12.8. The number of phenols is 1. The quantitative estimate of drug-likeness (QED) is 0.379. The Labute approximate surface area is 197 Å². The molecule has 0 aromatic heterocycles. The highest BCUT2D eigenvalue weighted by Crippen LogP contribution is 2.39. The Kier molecular flexibility index (Phi) is 8.70. The second-order valence-corrected chi connectivity index (χ2v) is 8.87. The summed E-state index contributed by atoms with van der Waals surface area (Å²) in [5.74, 6) is -1.98. The van der Waals surface area contributed by atoms with Gasteiger partial charge in [-0.15, -0.1) is 0 Å². The van der Waals surface area contributed by atoms with Crippen molar-refractivity contribution in [2.45, 2.75) is 47.1 Å². The molecule has 0 radical (unpaired) electrons. The van der Waals surface area contributed by atoms with Crippen LogP contribution in [0, 0.1) is 18.8 Å². The lowest BCUT2D eigenvalue weighted by Crippen LogP contribution is -2.42. The number of carbonyl (C=O) groups excluding carboxylic acids is 2. The lowest BCUT2D eigenvalue weighted by atomic mass is 9.93. The van der Waals surface area contributed by atoms with E-state index in [1.807, 2.05) is 27.7 Å². The number of para-hydroxylation sites is 1. The number of anilines is 1. The fourth-order valence-corrected chi connectivity index (χ4v) is 3.81. The minimum absolute atomic E-state index is 0.0426. The molecule has 0 heterocycles. The highest BCUT2D eigenvalue weighted by molar-refractivity contribution is 6.32. The lowest BCUT2D eigenvalue weighted by Gasteiger charge is -2.26. The molecule has 33 heavy (non-hydrogen) atoms. The van der Waals surface area contributed by atoms with Crippen molar-refractivity contribution in [2.75, 3.05) is 5.32 Å². The normalized spacial score (nSPS) is 11.1. The topological polar surface area (TPSA) is 125 Å². The fraction of sp³-hybridized carbons (Fsp3) is 0.375. The molecule has 0 aliphatic heterocycles. The van der Waals surface area contributed by atoms with Crippen LogP contribution >= 0.6 is 11.6 Å². The zero-order valence-electron chi connectivity index (χ0n) is 19.2. The Morgan fingerprint density at radius 2 is 1.73 bits per heavy atom. The fourth-order valence-electron chi connectivity index (χ4n) is 3.50. The maximum Gasteiger partial charge on any atom is 0.312 e. The summed E-state index contributed by atoms with van der Waals surface area (Å²) >= 11 is 6.31. The smallest absolute Gasteiger partial charge is 0.312 e. The number of carboxylic acid groups (broad SMARTS) is 1. The van der Waals surface area contributed by atoms with Gasteiger partial charge < -0.3 is 25.6 Å². The zero-order valence-corrected chi connectivity index (χ0v) is 20.0. The van der Waals surface area contributed by atoms with Crippen LogP contribution in [0.5, 0.6) is 17.2 Å². The summed E-state index contributed by atoms with van der Waals surface area (Å²) in [4.78, 5) is 35.2. The monoisotopic (exact) mass is 476 g/mol. The van der Waals surface area contributed by atoms with Crippen LogP contribution in [0.4, 0.5) is 5.69 Å². The number of aromatic hydroxyl groups is 1. The number of benzene rings is 2. The number of hydrogen-bond donors (Lipinski definition) is 4. The van der Waals surface area contributed by atoms with Gasteiger partial charge in [0.15, 0.2) is 11.5 Å². The summed E-state index contributed by atoms with van der Waals surface area (Å²) in [5.41, 5.74) is 0.911. The van der Waals surface area contributed by atoms with Crippen molar-refractivity contribution in [3.05, 3.63) is 46.5 Å². The number of amides is 2. The van der Waals surface area contributed by atoms with Crippen LogP contribution in [0.15, 0.2) is 30.3 Å². The van der Waals surface area contributed by atoms with Crippen LogP contribution in [0.2, 0.25) is 5.02 Å². The first-order chi connectivity index (χ1) is 15.4. The number of nitrogens with one attached hydrogen (secondary N) is 2. The molecule has 8 nitrogen and oxygen atoms in total. The van der Waals surface area contributed by atoms with Crippen LogP contribution in [0.25, 0.3) is 0 Å². The van der Waals surface area contributed by atoms with Crippen molar-refractivity contribution in [3.8, 4) is 17.2 Å². The third kappa shape index (κ3) is 6.86. The number of ether oxygens (including phenoxy) is 1. The molecule has 2 amide bonds. The van der Waals surface area contributed by atoms with Gasteiger partial charge >= 0.3 is 5.97 Å². The Hall–Kier alpha value is -3.26. The molecule has 2 rings (SSSR count). The van der Waals surface area contributed by atoms with Gasteiger partial charge in [-0.2, -0.15) is 0 Å². The highest BCUT2D eigenvalue weighted by atomic mass is 35.5. The third-order valence-corrected chi connectivity index (χ3v) is 5.30. The second-order valence-electron chi connectivity index (χ2n) is 8.46. The van der Waals surface area contributed by atoms with Gasteiger partial charge in [0.1, 0.15) is 12.2 Å². The predicted molar refractivity (Wildman–Crippen MR) is 126 cm³/mol. The van der Waals surface area contributed by atoms with E-state index >= 15 is 0 Å². The number of hydrogen-bond acceptors (Lipinski definition) is 5. The first-order valence-corrected chi connectivity index (χ1v) is 10.9. The van der Waals surface area contributed by atoms with E-state index in [9.17, 15) is 19.5 Å². The maximum absolute atomic E-state index is 12.8. The zero-order chi connectivity index (χ0) is 24.9. The Bertz CT molecular complexity index is 1020. The predicted octanol–water partition coefficient (Wildman–Crippen LogP) is 4.97. The SMILES string of the molecule is Cc1cc(NC(=O)CC(=O)O)cc(Cl)c1Oc1cccc(C(=O)NC(C(C)C)C(C)C)c1O. The van der Waals surface area contributed by atoms with Gasteiger partial charge in [-0.05, 0) is 48.6 Å². The lowest BCUT2D eigenvalue weighted by molar-refractivity contribution is -0.139. The molecular weight excluding hydrogens is 448 g/mol. The number of halogens is 1. The van der Waals surface area contributed by atoms with Gasteiger partial charge in [0, 0.05) is 11.7 Å². The van der Waals surface area contributed by atoms with Gasteiger partial charge in [0.2, 0.25) is 5.91 Å². The van der Waals surface area contributed by atoms with E-state index in [2.05, 4.69) is 10.6 Å². The molecule has 0 unspecified atom stereocenters. The van der Waals surface area contributed by atoms with Crippen LogP contribution in [-0.4, -0.2) is 34.0 Å². The Balaban J connectivity index is 2.27. The summed E-state index contributed by atoms with van der Waals surface area (Å²) in [6.07, 6.45) is -0.674. The molecule has 178 valence electrons. The highest BCUT2D eigenvalue weighted by Gasteiger charge is 2.23. The number of carboxylic acids is 1. The minimum Gasteiger partial charge on any atom is -0.504 e. The molecule has 0 aliphatic carbocycles. The van der Waals surface area contributed by atoms with E-state index < -0.39 is 24.2 Å². The number of aliphatic carboxylic acids is 1. The van der Waals surface area contributed by atoms with Gasteiger partial charge in [-0.1, -0.05) is 45.4 Å². The van der Waals surface area contributed by atoms with E-state index in [0.29, 0.717) is 11.3 Å². The Morgan fingerprint density at radius 1 is 1.09 bits per heavy atom. The molecule has 2 aromatic rings. The van der Waals surface area contributed by atoms with Gasteiger partial charge in [0.25, 0.3) is 5.91 Å². The van der Waals surface area contributed by atoms with Crippen molar-refractivity contribution in [1.82, 2.24) is 5.32 Å². The molecule has 0 aliphatic rings. The van der Waals surface area contributed by atoms with E-state index in [1.165, 1.54) is 18.2 Å². The summed E-state index contributed by atoms with van der Waals surface area (Å²) in [5, 5.41) is 25.0. The average molecular weight is 477 g/mol. The summed E-state index contributed by atoms with van der Waals surface area (Å²) < 4.78 is 5.82. The number of rotatable bonds is 9. The number of aryl methyl sites for hydroxylation is 1. The molecule has 4 N–H and O–H groups in total. The van der Waals surface area contributed by atoms with E-state index in [4.69, 9.17) is 21.4 Å². The van der Waals surface area contributed by atoms with E-state index in [1.54, 1.807) is 19.1 Å². The second kappa shape index (κ2) is 11.0. The number of carbonyl (C=O) groups is 3. The largest absolute Gasteiger partial charge is 0.504 e. The molecule has 0 spiro atoms. The van der Waals surface area contributed by atoms with Crippen LogP contribution < -0.4 is 15.4 Å². The summed E-state index contributed by atoms with van der Waals surface area (Å²) in [7, 11) is 0. The first-order valence-electron chi connectivity index (χ1n) is 10.5. The van der Waals surface area contributed by atoms with Crippen molar-refractivity contribution in [3.63, 3.8) is 0 Å². The third-order valence-electron chi connectivity index (χ3n) is 5.01. The van der Waals surface area contributed by atoms with Crippen molar-refractivity contribution >= 4 is 35.1 Å². The van der Waals surface area contributed by atoms with E-state index in [0.717, 1.165) is 0 Å². The summed E-state index contributed by atoms with van der Waals surface area (Å²) in [6, 6.07) is 7.50. The van der Waals surface area contributed by atoms with Crippen LogP contribution in [0.1, 0.15) is 50.0 Å². The van der Waals surface area contributed by atoms with Crippen molar-refractivity contribution in [1.29, 1.82) is 0 Å². The Morgan fingerprint density at radius 3 is 2.27 bits per heavy atom. The van der Waals surface area contributed by atoms with E-state index in [-0.39, 0.29) is 45.7 Å². The van der Waals surface area contributed by atoms with Gasteiger partial charge in [0.05, 0.1) is 10.6 Å². The molecule has 0 atom stereocenters. The molecule has 0 saturated heterocycles. The molecule has 0 saturated carbocycles. The van der Waals surface area contributed by atoms with Gasteiger partial charge in [-0.25, -0.2) is 0 Å². The van der Waals surface area contributed by atoms with Crippen LogP contribution in [0.3, 0.4) is 0 Å². The molecular formula is C24H29ClN2O6. The molecule has 9 heteroatoms. The molecule has 2 aromatic carbocycles. The molecule has 0 bridgehead atoms. The minimum atomic E-state index is -1.25. The summed E-state index contributed by atoms with van der Waals surface area (Å²) in [6.45, 7) is 9.75. The number of phenolic OH excluding ortho intramolecular Hbond substituents is 1.